The highest BCUT2D eigenvalue weighted by Crippen LogP contribution is 2.24. The van der Waals surface area contributed by atoms with Crippen molar-refractivity contribution in [3.05, 3.63) is 46.3 Å². The summed E-state index contributed by atoms with van der Waals surface area (Å²) in [5.74, 6) is 0.139. The normalized spacial score (nSPS) is 18.1. The van der Waals surface area contributed by atoms with Crippen LogP contribution in [0.3, 0.4) is 0 Å². The average Bonchev–Trinajstić information content (AvgIpc) is 3.28. The van der Waals surface area contributed by atoms with Crippen LogP contribution in [-0.4, -0.2) is 60.1 Å². The van der Waals surface area contributed by atoms with E-state index in [-0.39, 0.29) is 48.5 Å². The molecule has 9 nitrogen and oxygen atoms in total. The third-order valence-electron chi connectivity index (χ3n) is 5.79. The largest absolute Gasteiger partial charge is 0.491 e. The van der Waals surface area contributed by atoms with Gasteiger partial charge in [0.15, 0.2) is 5.69 Å². The maximum absolute atomic E-state index is 13.1. The Morgan fingerprint density at radius 2 is 2.06 bits per heavy atom. The van der Waals surface area contributed by atoms with Crippen LogP contribution in [0.1, 0.15) is 66.6 Å². The van der Waals surface area contributed by atoms with E-state index in [1.807, 2.05) is 20.8 Å². The van der Waals surface area contributed by atoms with Gasteiger partial charge in [-0.05, 0) is 43.4 Å². The number of amides is 3. The van der Waals surface area contributed by atoms with Crippen molar-refractivity contribution in [2.24, 2.45) is 5.92 Å². The topological polar surface area (TPSA) is 114 Å². The first kappa shape index (κ1) is 26.5. The molecular weight excluding hydrogens is 472 g/mol. The van der Waals surface area contributed by atoms with Crippen molar-refractivity contribution < 1.29 is 23.6 Å². The van der Waals surface area contributed by atoms with Crippen molar-refractivity contribution in [3.8, 4) is 5.75 Å². The summed E-state index contributed by atoms with van der Waals surface area (Å²) < 4.78 is 11.2. The van der Waals surface area contributed by atoms with Gasteiger partial charge in [0, 0.05) is 30.6 Å². The van der Waals surface area contributed by atoms with Gasteiger partial charge in [-0.25, -0.2) is 0 Å². The number of hydrogen-bond acceptors (Lipinski definition) is 6. The number of nitrogens with one attached hydrogen (secondary N) is 2. The van der Waals surface area contributed by atoms with Gasteiger partial charge in [0.1, 0.15) is 18.1 Å². The van der Waals surface area contributed by atoms with Crippen LogP contribution in [0.25, 0.3) is 0 Å². The van der Waals surface area contributed by atoms with Crippen molar-refractivity contribution in [2.45, 2.75) is 52.5 Å². The van der Waals surface area contributed by atoms with Crippen molar-refractivity contribution in [1.29, 1.82) is 0 Å². The Kier molecular flexibility index (Phi) is 9.54. The zero-order valence-electron chi connectivity index (χ0n) is 20.4. The molecule has 1 aliphatic rings. The van der Waals surface area contributed by atoms with Gasteiger partial charge in [-0.2, -0.15) is 0 Å². The van der Waals surface area contributed by atoms with Gasteiger partial charge in [0.25, 0.3) is 11.8 Å². The first-order valence-corrected chi connectivity index (χ1v) is 12.4. The zero-order valence-corrected chi connectivity index (χ0v) is 21.2. The van der Waals surface area contributed by atoms with Crippen LogP contribution in [0.15, 0.2) is 28.8 Å². The van der Waals surface area contributed by atoms with Crippen molar-refractivity contribution in [1.82, 2.24) is 20.7 Å². The van der Waals surface area contributed by atoms with Gasteiger partial charge >= 0.3 is 0 Å². The summed E-state index contributed by atoms with van der Waals surface area (Å²) in [6, 6.07) is 6.17. The fourth-order valence-electron chi connectivity index (χ4n) is 3.73. The van der Waals surface area contributed by atoms with Crippen molar-refractivity contribution in [3.63, 3.8) is 0 Å². The third-order valence-corrected chi connectivity index (χ3v) is 6.03. The van der Waals surface area contributed by atoms with Crippen LogP contribution in [0, 0.1) is 5.92 Å². The summed E-state index contributed by atoms with van der Waals surface area (Å²) in [5, 5.41) is 10.2. The van der Waals surface area contributed by atoms with E-state index in [9.17, 15) is 14.4 Å². The molecule has 3 amide bonds. The number of benzene rings is 1. The second-order valence-electron chi connectivity index (χ2n) is 8.99. The molecule has 1 aromatic heterocycles. The fraction of sp³-hybridized carbons (Fsp3) is 0.520. The lowest BCUT2D eigenvalue weighted by molar-refractivity contribution is -0.123. The lowest BCUT2D eigenvalue weighted by atomic mass is 10.1. The van der Waals surface area contributed by atoms with Crippen LogP contribution in [0.5, 0.6) is 5.75 Å². The van der Waals surface area contributed by atoms with Gasteiger partial charge in [0.2, 0.25) is 5.91 Å². The summed E-state index contributed by atoms with van der Waals surface area (Å²) in [6.07, 6.45) is 2.76. The number of rotatable bonds is 4. The minimum absolute atomic E-state index is 0.0514. The molecule has 10 heteroatoms. The number of ether oxygens (including phenoxy) is 1. The Morgan fingerprint density at radius 1 is 1.26 bits per heavy atom. The SMILES string of the molecule is CCCc1cc(C(=O)N2CCCCNC(=O)c3cc(Cl)ccc3OC[C@@H](C(C)C)NC(=O)C2)no1. The van der Waals surface area contributed by atoms with E-state index in [1.54, 1.807) is 24.3 Å². The van der Waals surface area contributed by atoms with Crippen molar-refractivity contribution in [2.75, 3.05) is 26.2 Å². The van der Waals surface area contributed by atoms with E-state index in [1.165, 1.54) is 4.90 Å². The third kappa shape index (κ3) is 7.45. The number of carbonyl (C=O) groups is 3. The van der Waals surface area contributed by atoms with Crippen LogP contribution < -0.4 is 15.4 Å². The smallest absolute Gasteiger partial charge is 0.276 e. The lowest BCUT2D eigenvalue weighted by Gasteiger charge is -2.26. The highest BCUT2D eigenvalue weighted by atomic mass is 35.5. The maximum Gasteiger partial charge on any atom is 0.276 e. The molecule has 35 heavy (non-hydrogen) atoms. The van der Waals surface area contributed by atoms with E-state index in [0.29, 0.717) is 54.4 Å². The van der Waals surface area contributed by atoms with E-state index in [0.717, 1.165) is 6.42 Å². The summed E-state index contributed by atoms with van der Waals surface area (Å²) in [6.45, 7) is 6.72. The van der Waals surface area contributed by atoms with Crippen LogP contribution >= 0.6 is 11.6 Å². The van der Waals surface area contributed by atoms with Crippen LogP contribution in [-0.2, 0) is 11.2 Å². The molecule has 2 heterocycles. The quantitative estimate of drug-likeness (QED) is 0.659. The van der Waals surface area contributed by atoms with Gasteiger partial charge < -0.3 is 24.8 Å². The second kappa shape index (κ2) is 12.6. The molecule has 0 radical (unpaired) electrons. The molecule has 2 aromatic rings. The molecule has 0 fully saturated rings. The number of fused-ring (bicyclic) bond motifs is 1. The van der Waals surface area contributed by atoms with E-state index >= 15 is 0 Å². The first-order chi connectivity index (χ1) is 16.8. The van der Waals surface area contributed by atoms with Gasteiger partial charge in [-0.1, -0.05) is 37.5 Å². The fourth-order valence-corrected chi connectivity index (χ4v) is 3.90. The Balaban J connectivity index is 1.80. The Labute approximate surface area is 210 Å². The molecule has 1 aliphatic heterocycles. The number of hydrogen-bond donors (Lipinski definition) is 2. The number of nitrogens with zero attached hydrogens (tertiary/aromatic N) is 2. The van der Waals surface area contributed by atoms with Gasteiger partial charge in [-0.3, -0.25) is 14.4 Å². The standard InChI is InChI=1S/C25H33ClN4O5/c1-4-7-18-13-20(29-35-18)25(33)30-11-6-5-10-27-24(32)19-12-17(26)8-9-22(19)34-15-21(16(2)3)28-23(31)14-30/h8-9,12-13,16,21H,4-7,10-11,14-15H2,1-3H3,(H,27,32)(H,28,31)/t21-/m0/s1. The molecule has 0 bridgehead atoms. The summed E-state index contributed by atoms with van der Waals surface area (Å²) in [4.78, 5) is 40.3. The number of halogens is 1. The predicted molar refractivity (Wildman–Crippen MR) is 132 cm³/mol. The number of carbonyl (C=O) groups excluding carboxylic acids is 3. The molecule has 3 rings (SSSR count). The molecule has 1 atom stereocenters. The molecule has 1 aromatic carbocycles. The average molecular weight is 505 g/mol. The number of aryl methyl sites for hydroxylation is 1. The Morgan fingerprint density at radius 3 is 2.80 bits per heavy atom. The van der Waals surface area contributed by atoms with Crippen LogP contribution in [0.2, 0.25) is 5.02 Å². The highest BCUT2D eigenvalue weighted by Gasteiger charge is 2.25. The minimum Gasteiger partial charge on any atom is -0.491 e. The van der Waals surface area contributed by atoms with Crippen LogP contribution in [0.4, 0.5) is 0 Å². The molecule has 0 spiro atoms. The first-order valence-electron chi connectivity index (χ1n) is 12.0. The Hall–Kier alpha value is -3.07. The molecule has 0 unspecified atom stereocenters. The van der Waals surface area contributed by atoms with E-state index < -0.39 is 0 Å². The summed E-state index contributed by atoms with van der Waals surface area (Å²) >= 11 is 6.11. The number of aromatic nitrogens is 1. The molecule has 190 valence electrons. The van der Waals surface area contributed by atoms with Gasteiger partial charge in [0.05, 0.1) is 18.2 Å². The molecule has 0 saturated carbocycles. The molecule has 0 saturated heterocycles. The lowest BCUT2D eigenvalue weighted by Crippen LogP contribution is -2.48. The Bertz CT molecular complexity index is 1040. The predicted octanol–water partition coefficient (Wildman–Crippen LogP) is 3.47. The second-order valence-corrected chi connectivity index (χ2v) is 9.42. The van der Waals surface area contributed by atoms with Gasteiger partial charge in [-0.15, -0.1) is 0 Å². The monoisotopic (exact) mass is 504 g/mol. The van der Waals surface area contributed by atoms with Crippen molar-refractivity contribution >= 4 is 29.3 Å². The highest BCUT2D eigenvalue weighted by molar-refractivity contribution is 6.31. The summed E-state index contributed by atoms with van der Waals surface area (Å²) in [5.41, 5.74) is 0.524. The maximum atomic E-state index is 13.1. The zero-order chi connectivity index (χ0) is 25.4. The summed E-state index contributed by atoms with van der Waals surface area (Å²) in [7, 11) is 0. The van der Waals surface area contributed by atoms with E-state index in [2.05, 4.69) is 15.8 Å². The molecule has 0 aliphatic carbocycles. The van der Waals surface area contributed by atoms with E-state index in [4.69, 9.17) is 20.9 Å². The molecule has 2 N–H and O–H groups in total. The minimum atomic E-state index is -0.362. The molecular formula is C25H33ClN4O5.